The van der Waals surface area contributed by atoms with Gasteiger partial charge in [0.2, 0.25) is 5.89 Å². The Morgan fingerprint density at radius 3 is 2.56 bits per heavy atom. The van der Waals surface area contributed by atoms with Gasteiger partial charge in [0.15, 0.2) is 0 Å². The van der Waals surface area contributed by atoms with Gasteiger partial charge in [-0.25, -0.2) is 4.98 Å². The number of hydrogen-bond acceptors (Lipinski definition) is 4. The molecule has 4 rings (SSSR count). The molecule has 4 nitrogen and oxygen atoms in total. The van der Waals surface area contributed by atoms with Crippen molar-refractivity contribution in [3.63, 3.8) is 0 Å². The largest absolute Gasteiger partial charge is 0.441 e. The monoisotopic (exact) mass is 325 g/mol. The van der Waals surface area contributed by atoms with Crippen LogP contribution in [0.4, 0.5) is 0 Å². The third-order valence-electron chi connectivity index (χ3n) is 4.66. The molecular weight excluding hydrogens is 310 g/mol. The van der Waals surface area contributed by atoms with E-state index in [2.05, 4.69) is 23.2 Å². The minimum atomic E-state index is 0.351. The smallest absolute Gasteiger partial charge is 0.226 e. The van der Waals surface area contributed by atoms with E-state index in [1.807, 2.05) is 30.3 Å². The molecule has 1 aliphatic rings. The highest BCUT2D eigenvalue weighted by Gasteiger charge is 2.25. The number of aromatic nitrogens is 1. The molecule has 1 heterocycles. The fourth-order valence-corrected chi connectivity index (χ4v) is 3.37. The zero-order valence-electron chi connectivity index (χ0n) is 13.6. The highest BCUT2D eigenvalue weighted by Crippen LogP contribution is 2.35. The molecule has 1 unspecified atom stereocenters. The number of fused-ring (bicyclic) bond motifs is 1. The Labute approximate surface area is 146 Å². The van der Waals surface area contributed by atoms with E-state index in [9.17, 15) is 0 Å². The number of hydrogen-bond donors (Lipinski definition) is 0. The molecule has 0 N–H and O–H groups in total. The first-order valence-corrected chi connectivity index (χ1v) is 8.26. The highest BCUT2D eigenvalue weighted by atomic mass is 16.4. The summed E-state index contributed by atoms with van der Waals surface area (Å²) in [6.07, 6.45) is 2.63. The van der Waals surface area contributed by atoms with E-state index in [0.29, 0.717) is 22.9 Å². The molecular formula is C21H15N3O. The predicted octanol–water partition coefficient (Wildman–Crippen LogP) is 4.36. The van der Waals surface area contributed by atoms with Crippen LogP contribution in [0.2, 0.25) is 0 Å². The summed E-state index contributed by atoms with van der Waals surface area (Å²) >= 11 is 0. The van der Waals surface area contributed by atoms with E-state index in [-0.39, 0.29) is 0 Å². The fourth-order valence-electron chi connectivity index (χ4n) is 3.37. The molecule has 0 radical (unpaired) electrons. The van der Waals surface area contributed by atoms with Gasteiger partial charge in [0, 0.05) is 18.4 Å². The van der Waals surface area contributed by atoms with Crippen molar-refractivity contribution in [2.24, 2.45) is 0 Å². The Kier molecular flexibility index (Phi) is 3.80. The van der Waals surface area contributed by atoms with Gasteiger partial charge in [0.25, 0.3) is 0 Å². The van der Waals surface area contributed by atoms with Crippen LogP contribution < -0.4 is 0 Å². The SMILES string of the molecule is N#Cc1cccc(-c2nc3c(o2)CCC(c2cccc(C#N)c2)C3)c1. The maximum atomic E-state index is 9.09. The van der Waals surface area contributed by atoms with Crippen molar-refractivity contribution in [1.82, 2.24) is 4.98 Å². The van der Waals surface area contributed by atoms with E-state index in [4.69, 9.17) is 14.9 Å². The molecule has 0 saturated heterocycles. The lowest BCUT2D eigenvalue weighted by atomic mass is 9.84. The molecule has 0 saturated carbocycles. The van der Waals surface area contributed by atoms with Crippen LogP contribution in [0.1, 0.15) is 40.5 Å². The van der Waals surface area contributed by atoms with Crippen molar-refractivity contribution in [3.05, 3.63) is 76.7 Å². The average molecular weight is 325 g/mol. The molecule has 1 atom stereocenters. The Bertz CT molecular complexity index is 1020. The van der Waals surface area contributed by atoms with Gasteiger partial charge in [-0.2, -0.15) is 10.5 Å². The lowest BCUT2D eigenvalue weighted by molar-refractivity contribution is 0.465. The van der Waals surface area contributed by atoms with Crippen LogP contribution in [0.15, 0.2) is 52.9 Å². The molecule has 1 aromatic heterocycles. The molecule has 2 aromatic carbocycles. The quantitative estimate of drug-likeness (QED) is 0.701. The Morgan fingerprint density at radius 2 is 1.76 bits per heavy atom. The van der Waals surface area contributed by atoms with Crippen molar-refractivity contribution >= 4 is 0 Å². The molecule has 25 heavy (non-hydrogen) atoms. The second-order valence-electron chi connectivity index (χ2n) is 6.26. The Hall–Kier alpha value is -3.37. The van der Waals surface area contributed by atoms with Crippen molar-refractivity contribution in [2.75, 3.05) is 0 Å². The second kappa shape index (κ2) is 6.26. The zero-order valence-corrected chi connectivity index (χ0v) is 13.6. The van der Waals surface area contributed by atoms with Crippen molar-refractivity contribution in [2.45, 2.75) is 25.2 Å². The van der Waals surface area contributed by atoms with Crippen molar-refractivity contribution < 1.29 is 4.42 Å². The number of nitriles is 2. The van der Waals surface area contributed by atoms with Gasteiger partial charge in [0.1, 0.15) is 5.76 Å². The summed E-state index contributed by atoms with van der Waals surface area (Å²) in [7, 11) is 0. The van der Waals surface area contributed by atoms with E-state index in [0.717, 1.165) is 36.3 Å². The van der Waals surface area contributed by atoms with Gasteiger partial charge in [-0.3, -0.25) is 0 Å². The van der Waals surface area contributed by atoms with Crippen LogP contribution in [0, 0.1) is 22.7 Å². The summed E-state index contributed by atoms with van der Waals surface area (Å²) < 4.78 is 5.95. The van der Waals surface area contributed by atoms with E-state index in [1.165, 1.54) is 5.56 Å². The average Bonchev–Trinajstić information content (AvgIpc) is 3.11. The zero-order chi connectivity index (χ0) is 17.2. The van der Waals surface area contributed by atoms with Crippen LogP contribution in [0.25, 0.3) is 11.5 Å². The molecule has 0 bridgehead atoms. The first-order valence-electron chi connectivity index (χ1n) is 8.26. The molecule has 4 heteroatoms. The number of benzene rings is 2. The van der Waals surface area contributed by atoms with Gasteiger partial charge in [-0.15, -0.1) is 0 Å². The third-order valence-corrected chi connectivity index (χ3v) is 4.66. The van der Waals surface area contributed by atoms with E-state index < -0.39 is 0 Å². The highest BCUT2D eigenvalue weighted by molar-refractivity contribution is 5.57. The molecule has 0 spiro atoms. The number of rotatable bonds is 2. The maximum Gasteiger partial charge on any atom is 0.226 e. The normalized spacial score (nSPS) is 15.8. The van der Waals surface area contributed by atoms with Gasteiger partial charge in [-0.05, 0) is 48.2 Å². The summed E-state index contributed by atoms with van der Waals surface area (Å²) in [4.78, 5) is 4.67. The minimum absolute atomic E-state index is 0.351. The number of nitrogens with zero attached hydrogens (tertiary/aromatic N) is 3. The topological polar surface area (TPSA) is 73.6 Å². The Morgan fingerprint density at radius 1 is 1.00 bits per heavy atom. The molecule has 0 amide bonds. The van der Waals surface area contributed by atoms with Crippen LogP contribution in [-0.2, 0) is 12.8 Å². The van der Waals surface area contributed by atoms with Crippen LogP contribution in [0.5, 0.6) is 0 Å². The first kappa shape index (κ1) is 15.2. The summed E-state index contributed by atoms with van der Waals surface area (Å²) in [5.74, 6) is 1.86. The summed E-state index contributed by atoms with van der Waals surface area (Å²) in [6.45, 7) is 0. The van der Waals surface area contributed by atoms with Crippen LogP contribution in [-0.4, -0.2) is 4.98 Å². The summed E-state index contributed by atoms with van der Waals surface area (Å²) in [6, 6.07) is 19.5. The summed E-state index contributed by atoms with van der Waals surface area (Å²) in [5.41, 5.74) is 4.28. The molecule has 3 aromatic rings. The number of aryl methyl sites for hydroxylation is 1. The van der Waals surface area contributed by atoms with E-state index >= 15 is 0 Å². The third kappa shape index (κ3) is 2.91. The van der Waals surface area contributed by atoms with Gasteiger partial charge in [0.05, 0.1) is 29.0 Å². The lowest BCUT2D eigenvalue weighted by Gasteiger charge is -2.20. The summed E-state index contributed by atoms with van der Waals surface area (Å²) in [5, 5.41) is 18.1. The van der Waals surface area contributed by atoms with Crippen molar-refractivity contribution in [3.8, 4) is 23.6 Å². The Balaban J connectivity index is 1.63. The van der Waals surface area contributed by atoms with Gasteiger partial charge in [-0.1, -0.05) is 18.2 Å². The lowest BCUT2D eigenvalue weighted by Crippen LogP contribution is -2.12. The maximum absolute atomic E-state index is 9.09. The fraction of sp³-hybridized carbons (Fsp3) is 0.190. The predicted molar refractivity (Wildman–Crippen MR) is 92.6 cm³/mol. The first-order chi connectivity index (χ1) is 12.3. The second-order valence-corrected chi connectivity index (χ2v) is 6.26. The molecule has 0 fully saturated rings. The van der Waals surface area contributed by atoms with Gasteiger partial charge < -0.3 is 4.42 Å². The standard InChI is InChI=1S/C21H15N3O/c22-12-14-3-1-5-16(9-14)17-7-8-20-19(11-17)24-21(25-20)18-6-2-4-15(10-18)13-23/h1-6,9-10,17H,7-8,11H2. The molecule has 1 aliphatic carbocycles. The van der Waals surface area contributed by atoms with Crippen LogP contribution in [0.3, 0.4) is 0 Å². The van der Waals surface area contributed by atoms with Crippen molar-refractivity contribution in [1.29, 1.82) is 10.5 Å². The molecule has 120 valence electrons. The van der Waals surface area contributed by atoms with Gasteiger partial charge >= 0.3 is 0 Å². The molecule has 0 aliphatic heterocycles. The number of oxazole rings is 1. The van der Waals surface area contributed by atoms with Crippen LogP contribution >= 0.6 is 0 Å². The van der Waals surface area contributed by atoms with E-state index in [1.54, 1.807) is 12.1 Å². The minimum Gasteiger partial charge on any atom is -0.441 e.